The Balaban J connectivity index is 2.23. The number of sulfonamides is 1. The normalized spacial score (nSPS) is 10.5. The first-order chi connectivity index (χ1) is 9.92. The summed E-state index contributed by atoms with van der Waals surface area (Å²) in [6.45, 7) is 1.68. The molecule has 2 N–H and O–H groups in total. The van der Waals surface area contributed by atoms with E-state index in [9.17, 15) is 13.2 Å². The topological polar surface area (TPSA) is 83.5 Å². The van der Waals surface area contributed by atoms with Crippen LogP contribution in [0.2, 0.25) is 0 Å². The first-order valence-corrected chi connectivity index (χ1v) is 8.11. The van der Waals surface area contributed by atoms with Crippen LogP contribution in [0.15, 0.2) is 40.6 Å². The number of benzene rings is 1. The summed E-state index contributed by atoms with van der Waals surface area (Å²) < 4.78 is 26.9. The summed E-state index contributed by atoms with van der Waals surface area (Å²) in [5, 5.41) is 8.79. The van der Waals surface area contributed by atoms with Crippen molar-refractivity contribution in [2.24, 2.45) is 0 Å². The van der Waals surface area contributed by atoms with Crippen LogP contribution in [0, 0.1) is 11.8 Å². The van der Waals surface area contributed by atoms with Gasteiger partial charge in [-0.1, -0.05) is 5.92 Å². The Morgan fingerprint density at radius 3 is 2.43 bits per heavy atom. The van der Waals surface area contributed by atoms with E-state index in [2.05, 4.69) is 16.6 Å². The molecule has 2 aromatic rings. The third-order valence-corrected chi connectivity index (χ3v) is 5.35. The number of anilines is 1. The van der Waals surface area contributed by atoms with Crippen molar-refractivity contribution in [1.82, 2.24) is 0 Å². The number of hydrogen-bond donors (Lipinski definition) is 2. The molecule has 0 aliphatic carbocycles. The predicted octanol–water partition coefficient (Wildman–Crippen LogP) is 2.62. The van der Waals surface area contributed by atoms with E-state index in [-0.39, 0.29) is 9.77 Å². The van der Waals surface area contributed by atoms with Gasteiger partial charge >= 0.3 is 5.97 Å². The molecule has 0 amide bonds. The Bertz CT molecular complexity index is 824. The fourth-order valence-corrected chi connectivity index (χ4v) is 3.81. The third kappa shape index (κ3) is 3.62. The molecule has 0 fully saturated rings. The molecule has 7 heteroatoms. The number of carboxylic acid groups (broad SMARTS) is 1. The highest BCUT2D eigenvalue weighted by molar-refractivity contribution is 7.94. The monoisotopic (exact) mass is 321 g/mol. The molecule has 2 rings (SSSR count). The van der Waals surface area contributed by atoms with Gasteiger partial charge in [-0.2, -0.15) is 0 Å². The lowest BCUT2D eigenvalue weighted by Crippen LogP contribution is -2.11. The van der Waals surface area contributed by atoms with Crippen molar-refractivity contribution in [2.75, 3.05) is 4.72 Å². The molecule has 21 heavy (non-hydrogen) atoms. The van der Waals surface area contributed by atoms with Crippen molar-refractivity contribution in [3.8, 4) is 11.8 Å². The van der Waals surface area contributed by atoms with Crippen molar-refractivity contribution in [2.45, 2.75) is 11.1 Å². The van der Waals surface area contributed by atoms with Gasteiger partial charge in [-0.05, 0) is 43.3 Å². The lowest BCUT2D eigenvalue weighted by Gasteiger charge is -2.06. The van der Waals surface area contributed by atoms with Gasteiger partial charge in [-0.15, -0.1) is 17.3 Å². The minimum absolute atomic E-state index is 0.0922. The highest BCUT2D eigenvalue weighted by atomic mass is 32.2. The highest BCUT2D eigenvalue weighted by Crippen LogP contribution is 2.23. The summed E-state index contributed by atoms with van der Waals surface area (Å²) in [4.78, 5) is 11.4. The van der Waals surface area contributed by atoms with E-state index in [0.29, 0.717) is 10.6 Å². The lowest BCUT2D eigenvalue weighted by molar-refractivity contribution is 0.0697. The molecule has 0 bridgehead atoms. The van der Waals surface area contributed by atoms with Gasteiger partial charge in [0.05, 0.1) is 10.4 Å². The van der Waals surface area contributed by atoms with Crippen LogP contribution < -0.4 is 4.72 Å². The van der Waals surface area contributed by atoms with E-state index in [1.807, 2.05) is 0 Å². The quantitative estimate of drug-likeness (QED) is 0.848. The fraction of sp³-hybridized carbons (Fsp3) is 0.0714. The highest BCUT2D eigenvalue weighted by Gasteiger charge is 2.16. The average molecular weight is 321 g/mol. The average Bonchev–Trinajstić information content (AvgIpc) is 2.89. The van der Waals surface area contributed by atoms with E-state index in [1.54, 1.807) is 13.0 Å². The van der Waals surface area contributed by atoms with Gasteiger partial charge in [0.2, 0.25) is 0 Å². The van der Waals surface area contributed by atoms with Crippen LogP contribution >= 0.6 is 11.3 Å². The molecule has 0 aliphatic heterocycles. The molecule has 1 heterocycles. The summed E-state index contributed by atoms with van der Waals surface area (Å²) in [5.74, 6) is 4.44. The van der Waals surface area contributed by atoms with Crippen LogP contribution in [-0.2, 0) is 10.0 Å². The predicted molar refractivity (Wildman–Crippen MR) is 81.1 cm³/mol. The number of rotatable bonds is 4. The summed E-state index contributed by atoms with van der Waals surface area (Å²) in [6.07, 6.45) is 0. The second kappa shape index (κ2) is 5.99. The Kier molecular flexibility index (Phi) is 4.31. The van der Waals surface area contributed by atoms with E-state index < -0.39 is 16.0 Å². The van der Waals surface area contributed by atoms with Gasteiger partial charge in [-0.3, -0.25) is 4.72 Å². The Morgan fingerprint density at radius 2 is 1.86 bits per heavy atom. The van der Waals surface area contributed by atoms with E-state index >= 15 is 0 Å². The van der Waals surface area contributed by atoms with Crippen LogP contribution in [0.4, 0.5) is 5.69 Å². The molecule has 0 radical (unpaired) electrons. The maximum Gasteiger partial charge on any atom is 0.335 e. The molecule has 0 atom stereocenters. The molecule has 0 aliphatic rings. The first kappa shape index (κ1) is 15.1. The molecular weight excluding hydrogens is 310 g/mol. The smallest absolute Gasteiger partial charge is 0.335 e. The number of aromatic carboxylic acids is 1. The van der Waals surface area contributed by atoms with E-state index in [1.165, 1.54) is 30.3 Å². The van der Waals surface area contributed by atoms with Gasteiger partial charge in [0.25, 0.3) is 10.0 Å². The molecular formula is C14H11NO4S2. The first-order valence-electron chi connectivity index (χ1n) is 5.81. The number of thiophene rings is 1. The largest absolute Gasteiger partial charge is 0.478 e. The van der Waals surface area contributed by atoms with Gasteiger partial charge in [-0.25, -0.2) is 13.2 Å². The van der Waals surface area contributed by atoms with Crippen LogP contribution in [-0.4, -0.2) is 19.5 Å². The van der Waals surface area contributed by atoms with Crippen LogP contribution in [0.1, 0.15) is 22.2 Å². The van der Waals surface area contributed by atoms with Gasteiger partial charge in [0.1, 0.15) is 4.21 Å². The second-order valence-corrected chi connectivity index (χ2v) is 6.97. The standard InChI is InChI=1S/C14H11NO4S2/c1-2-3-12-8-9-13(20-12)21(18,19)15-11-6-4-10(5-7-11)14(16)17/h4-9,15H,1H3,(H,16,17). The Morgan fingerprint density at radius 1 is 1.19 bits per heavy atom. The van der Waals surface area contributed by atoms with Crippen molar-refractivity contribution in [1.29, 1.82) is 0 Å². The molecule has 108 valence electrons. The minimum atomic E-state index is -3.69. The molecule has 0 spiro atoms. The minimum Gasteiger partial charge on any atom is -0.478 e. The summed E-state index contributed by atoms with van der Waals surface area (Å²) in [5.41, 5.74) is 0.395. The number of carboxylic acids is 1. The summed E-state index contributed by atoms with van der Waals surface area (Å²) in [7, 11) is -3.69. The molecule has 0 saturated carbocycles. The summed E-state index contributed by atoms with van der Waals surface area (Å²) in [6, 6.07) is 8.61. The van der Waals surface area contributed by atoms with Crippen LogP contribution in [0.5, 0.6) is 0 Å². The zero-order valence-corrected chi connectivity index (χ0v) is 12.6. The molecule has 0 unspecified atom stereocenters. The van der Waals surface area contributed by atoms with Crippen LogP contribution in [0.3, 0.4) is 0 Å². The van der Waals surface area contributed by atoms with Crippen molar-refractivity contribution >= 4 is 33.0 Å². The number of hydrogen-bond acceptors (Lipinski definition) is 4. The van der Waals surface area contributed by atoms with E-state index in [4.69, 9.17) is 5.11 Å². The van der Waals surface area contributed by atoms with E-state index in [0.717, 1.165) is 11.3 Å². The summed E-state index contributed by atoms with van der Waals surface area (Å²) >= 11 is 1.07. The van der Waals surface area contributed by atoms with Crippen LogP contribution in [0.25, 0.3) is 0 Å². The third-order valence-electron chi connectivity index (χ3n) is 2.48. The Hall–Kier alpha value is -2.30. The SMILES string of the molecule is CC#Cc1ccc(S(=O)(=O)Nc2ccc(C(=O)O)cc2)s1. The lowest BCUT2D eigenvalue weighted by atomic mass is 10.2. The molecule has 1 aromatic heterocycles. The maximum absolute atomic E-state index is 12.2. The maximum atomic E-state index is 12.2. The van der Waals surface area contributed by atoms with Gasteiger partial charge in [0.15, 0.2) is 0 Å². The molecule has 1 aromatic carbocycles. The van der Waals surface area contributed by atoms with Crippen molar-refractivity contribution in [3.63, 3.8) is 0 Å². The van der Waals surface area contributed by atoms with Crippen molar-refractivity contribution in [3.05, 3.63) is 46.8 Å². The van der Waals surface area contributed by atoms with Gasteiger partial charge < -0.3 is 5.11 Å². The number of nitrogens with one attached hydrogen (secondary N) is 1. The second-order valence-electron chi connectivity index (χ2n) is 3.98. The zero-order chi connectivity index (χ0) is 15.5. The Labute approximate surface area is 126 Å². The fourth-order valence-electron chi connectivity index (χ4n) is 1.54. The van der Waals surface area contributed by atoms with Gasteiger partial charge in [0, 0.05) is 5.69 Å². The molecule has 5 nitrogen and oxygen atoms in total. The molecule has 0 saturated heterocycles. The number of carbonyl (C=O) groups is 1. The van der Waals surface area contributed by atoms with Crippen molar-refractivity contribution < 1.29 is 18.3 Å². The zero-order valence-electron chi connectivity index (χ0n) is 11.0.